The van der Waals surface area contributed by atoms with Gasteiger partial charge in [-0.3, -0.25) is 4.79 Å². The van der Waals surface area contributed by atoms with E-state index in [4.69, 9.17) is 9.47 Å². The number of carbonyl (C=O) groups excluding carboxylic acids is 1. The number of ether oxygens (including phenoxy) is 2. The molecule has 27 heavy (non-hydrogen) atoms. The van der Waals surface area contributed by atoms with Crippen LogP contribution in [0.1, 0.15) is 16.4 Å². The number of benzene rings is 2. The number of hydrogen-bond donors (Lipinski definition) is 1. The van der Waals surface area contributed by atoms with E-state index in [1.54, 1.807) is 19.1 Å². The first-order chi connectivity index (χ1) is 13.1. The number of halogens is 1. The molecule has 0 saturated carbocycles. The van der Waals surface area contributed by atoms with Gasteiger partial charge in [0.15, 0.2) is 11.5 Å². The SMILES string of the molecule is Cc1nc(C(=O)NCC2COc3ccccc3O2)nn1-c1ccc(F)cc1. The van der Waals surface area contributed by atoms with Gasteiger partial charge in [0.25, 0.3) is 5.91 Å². The van der Waals surface area contributed by atoms with E-state index in [0.717, 1.165) is 0 Å². The Labute approximate surface area is 154 Å². The second kappa shape index (κ2) is 7.06. The van der Waals surface area contributed by atoms with Crippen molar-refractivity contribution in [1.82, 2.24) is 20.1 Å². The molecule has 1 aliphatic rings. The van der Waals surface area contributed by atoms with Crippen LogP contribution in [0.15, 0.2) is 48.5 Å². The van der Waals surface area contributed by atoms with Crippen LogP contribution in [0, 0.1) is 12.7 Å². The van der Waals surface area contributed by atoms with Crippen LogP contribution >= 0.6 is 0 Å². The molecule has 4 rings (SSSR count). The van der Waals surface area contributed by atoms with Crippen LogP contribution in [0.25, 0.3) is 5.69 Å². The smallest absolute Gasteiger partial charge is 0.291 e. The molecule has 0 saturated heterocycles. The van der Waals surface area contributed by atoms with Gasteiger partial charge in [0.2, 0.25) is 5.82 Å². The predicted octanol–water partition coefficient (Wildman–Crippen LogP) is 2.28. The van der Waals surface area contributed by atoms with Gasteiger partial charge in [-0.2, -0.15) is 0 Å². The monoisotopic (exact) mass is 368 g/mol. The van der Waals surface area contributed by atoms with Crippen molar-refractivity contribution in [3.8, 4) is 17.2 Å². The number of rotatable bonds is 4. The van der Waals surface area contributed by atoms with E-state index in [2.05, 4.69) is 15.4 Å². The van der Waals surface area contributed by atoms with Crippen molar-refractivity contribution in [2.24, 2.45) is 0 Å². The minimum absolute atomic E-state index is 0.0361. The third-order valence-corrected chi connectivity index (χ3v) is 4.10. The maximum absolute atomic E-state index is 13.1. The highest BCUT2D eigenvalue weighted by molar-refractivity contribution is 5.90. The van der Waals surface area contributed by atoms with Crippen LogP contribution in [-0.2, 0) is 0 Å². The zero-order chi connectivity index (χ0) is 18.8. The summed E-state index contributed by atoms with van der Waals surface area (Å²) in [5.74, 6) is 1.15. The summed E-state index contributed by atoms with van der Waals surface area (Å²) in [6, 6.07) is 13.2. The molecule has 1 unspecified atom stereocenters. The van der Waals surface area contributed by atoms with E-state index in [0.29, 0.717) is 29.6 Å². The standard InChI is InChI=1S/C19H17FN4O3/c1-12-22-18(23-24(12)14-8-6-13(20)7-9-14)19(25)21-10-15-11-26-16-4-2-3-5-17(16)27-15/h2-9,15H,10-11H2,1H3,(H,21,25). The molecule has 0 fully saturated rings. The minimum atomic E-state index is -0.415. The van der Waals surface area contributed by atoms with Crippen molar-refractivity contribution >= 4 is 5.91 Å². The van der Waals surface area contributed by atoms with E-state index in [1.807, 2.05) is 24.3 Å². The number of aryl methyl sites for hydroxylation is 1. The summed E-state index contributed by atoms with van der Waals surface area (Å²) in [7, 11) is 0. The first-order valence-electron chi connectivity index (χ1n) is 8.46. The Bertz CT molecular complexity index is 971. The molecular formula is C19H17FN4O3. The fourth-order valence-corrected chi connectivity index (χ4v) is 2.76. The lowest BCUT2D eigenvalue weighted by atomic mass is 10.2. The van der Waals surface area contributed by atoms with Gasteiger partial charge >= 0.3 is 0 Å². The zero-order valence-electron chi connectivity index (χ0n) is 14.6. The Hall–Kier alpha value is -3.42. The van der Waals surface area contributed by atoms with E-state index in [1.165, 1.54) is 16.8 Å². The number of fused-ring (bicyclic) bond motifs is 1. The number of nitrogens with zero attached hydrogens (tertiary/aromatic N) is 3. The number of nitrogens with one attached hydrogen (secondary N) is 1. The molecule has 2 aromatic carbocycles. The minimum Gasteiger partial charge on any atom is -0.486 e. The Kier molecular flexibility index (Phi) is 4.45. The first kappa shape index (κ1) is 17.0. The molecule has 1 aliphatic heterocycles. The Morgan fingerprint density at radius 1 is 1.22 bits per heavy atom. The second-order valence-corrected chi connectivity index (χ2v) is 6.08. The summed E-state index contributed by atoms with van der Waals surface area (Å²) < 4.78 is 26.0. The molecular weight excluding hydrogens is 351 g/mol. The van der Waals surface area contributed by atoms with Gasteiger partial charge in [-0.05, 0) is 43.3 Å². The van der Waals surface area contributed by atoms with Gasteiger partial charge in [-0.25, -0.2) is 14.1 Å². The third kappa shape index (κ3) is 3.59. The third-order valence-electron chi connectivity index (χ3n) is 4.10. The fraction of sp³-hybridized carbons (Fsp3) is 0.211. The highest BCUT2D eigenvalue weighted by atomic mass is 19.1. The number of hydrogen-bond acceptors (Lipinski definition) is 5. The van der Waals surface area contributed by atoms with Crippen molar-refractivity contribution in [2.75, 3.05) is 13.2 Å². The van der Waals surface area contributed by atoms with Crippen LogP contribution in [0.4, 0.5) is 4.39 Å². The fourth-order valence-electron chi connectivity index (χ4n) is 2.76. The number of para-hydroxylation sites is 2. The summed E-state index contributed by atoms with van der Waals surface area (Å²) in [5.41, 5.74) is 0.626. The maximum atomic E-state index is 13.1. The number of amides is 1. The van der Waals surface area contributed by atoms with Gasteiger partial charge in [0, 0.05) is 0 Å². The normalized spacial score (nSPS) is 15.4. The first-order valence-corrected chi connectivity index (χ1v) is 8.46. The molecule has 138 valence electrons. The zero-order valence-corrected chi connectivity index (χ0v) is 14.6. The molecule has 0 aliphatic carbocycles. The lowest BCUT2D eigenvalue weighted by Crippen LogP contribution is -2.41. The van der Waals surface area contributed by atoms with Gasteiger partial charge < -0.3 is 14.8 Å². The van der Waals surface area contributed by atoms with Crippen molar-refractivity contribution in [3.05, 3.63) is 66.0 Å². The topological polar surface area (TPSA) is 78.3 Å². The molecule has 1 N–H and O–H groups in total. The average molecular weight is 368 g/mol. The van der Waals surface area contributed by atoms with Gasteiger partial charge in [0.05, 0.1) is 12.2 Å². The molecule has 1 amide bonds. The molecule has 7 nitrogen and oxygen atoms in total. The Morgan fingerprint density at radius 2 is 1.96 bits per heavy atom. The lowest BCUT2D eigenvalue weighted by molar-refractivity contribution is 0.0783. The molecule has 0 bridgehead atoms. The molecule has 3 aromatic rings. The summed E-state index contributed by atoms with van der Waals surface area (Å²) in [5, 5.41) is 6.97. The number of carbonyl (C=O) groups is 1. The Balaban J connectivity index is 1.41. The quantitative estimate of drug-likeness (QED) is 0.764. The van der Waals surface area contributed by atoms with Crippen molar-refractivity contribution in [3.63, 3.8) is 0 Å². The predicted molar refractivity (Wildman–Crippen MR) is 94.7 cm³/mol. The highest BCUT2D eigenvalue weighted by Gasteiger charge is 2.22. The van der Waals surface area contributed by atoms with Gasteiger partial charge in [0.1, 0.15) is 24.4 Å². The highest BCUT2D eigenvalue weighted by Crippen LogP contribution is 2.30. The lowest BCUT2D eigenvalue weighted by Gasteiger charge is -2.26. The van der Waals surface area contributed by atoms with E-state index in [-0.39, 0.29) is 24.3 Å². The second-order valence-electron chi connectivity index (χ2n) is 6.08. The summed E-state index contributed by atoms with van der Waals surface area (Å²) >= 11 is 0. The number of aromatic nitrogens is 3. The van der Waals surface area contributed by atoms with Gasteiger partial charge in [-0.15, -0.1) is 5.10 Å². The molecule has 0 spiro atoms. The summed E-state index contributed by atoms with van der Waals surface area (Å²) in [6.45, 7) is 2.33. The molecule has 0 radical (unpaired) electrons. The van der Waals surface area contributed by atoms with Crippen molar-refractivity contribution in [2.45, 2.75) is 13.0 Å². The molecule has 1 aromatic heterocycles. The maximum Gasteiger partial charge on any atom is 0.291 e. The summed E-state index contributed by atoms with van der Waals surface area (Å²) in [4.78, 5) is 16.6. The van der Waals surface area contributed by atoms with Crippen LogP contribution in [0.2, 0.25) is 0 Å². The van der Waals surface area contributed by atoms with E-state index >= 15 is 0 Å². The van der Waals surface area contributed by atoms with Crippen LogP contribution in [0.5, 0.6) is 11.5 Å². The van der Waals surface area contributed by atoms with E-state index < -0.39 is 5.91 Å². The van der Waals surface area contributed by atoms with Crippen LogP contribution in [0.3, 0.4) is 0 Å². The Morgan fingerprint density at radius 3 is 2.74 bits per heavy atom. The molecule has 8 heteroatoms. The van der Waals surface area contributed by atoms with Crippen LogP contribution < -0.4 is 14.8 Å². The van der Waals surface area contributed by atoms with Gasteiger partial charge in [-0.1, -0.05) is 12.1 Å². The van der Waals surface area contributed by atoms with Crippen molar-refractivity contribution < 1.29 is 18.7 Å². The van der Waals surface area contributed by atoms with Crippen molar-refractivity contribution in [1.29, 1.82) is 0 Å². The molecule has 1 atom stereocenters. The largest absolute Gasteiger partial charge is 0.486 e. The molecule has 2 heterocycles. The van der Waals surface area contributed by atoms with E-state index in [9.17, 15) is 9.18 Å². The average Bonchev–Trinajstić information content (AvgIpc) is 3.08. The van der Waals surface area contributed by atoms with Crippen LogP contribution in [-0.4, -0.2) is 39.9 Å². The summed E-state index contributed by atoms with van der Waals surface area (Å²) in [6.07, 6.45) is -0.302.